The summed E-state index contributed by atoms with van der Waals surface area (Å²) in [6.07, 6.45) is 40.6. The van der Waals surface area contributed by atoms with E-state index in [1.165, 1.54) is 162 Å². The first-order valence-electron chi connectivity index (χ1n) is 39.1. The first-order valence-corrected chi connectivity index (χ1v) is 39.1. The van der Waals surface area contributed by atoms with Crippen molar-refractivity contribution in [3.05, 3.63) is 0 Å². The average Bonchev–Trinajstić information content (AvgIpc) is 0.926. The zero-order chi connectivity index (χ0) is 72.1. The number of amides is 8. The third kappa shape index (κ3) is 47.4. The number of carbonyl (C=O) groups excluding carboxylic acids is 9. The topological polar surface area (TPSA) is 302 Å². The van der Waals surface area contributed by atoms with Gasteiger partial charge in [-0.25, -0.2) is 0 Å². The Morgan fingerprint density at radius 1 is 0.250 bits per heavy atom. The fourth-order valence-electron chi connectivity index (χ4n) is 12.5. The molecule has 8 atom stereocenters. The van der Waals surface area contributed by atoms with Gasteiger partial charge in [0.05, 0.1) is 6.04 Å². The average molecular weight is 1360 g/mol. The molecule has 0 aliphatic rings. The van der Waals surface area contributed by atoms with Crippen molar-refractivity contribution in [2.45, 2.75) is 395 Å². The first kappa shape index (κ1) is 91.4. The number of Topliss-reactive ketones (excluding diaryl/α,β-unsaturated/α-hetero) is 1. The molecule has 96 heavy (non-hydrogen) atoms. The lowest BCUT2D eigenvalue weighted by molar-refractivity contribution is -0.136. The number of ketones is 1. The molecular formula is C77H148N10O9. The summed E-state index contributed by atoms with van der Waals surface area (Å²) in [6, 6.07) is -8.23. The third-order valence-corrected chi connectivity index (χ3v) is 18.4. The highest BCUT2D eigenvalue weighted by Gasteiger charge is 2.35. The third-order valence-electron chi connectivity index (χ3n) is 18.4. The quantitative estimate of drug-likeness (QED) is 0.0255. The van der Waals surface area contributed by atoms with Gasteiger partial charge in [0, 0.05) is 5.92 Å². The zero-order valence-corrected chi connectivity index (χ0v) is 63.5. The maximum atomic E-state index is 14.5. The minimum absolute atomic E-state index is 0.0459. The van der Waals surface area contributed by atoms with Crippen molar-refractivity contribution < 1.29 is 43.2 Å². The number of rotatable bonds is 63. The number of nitrogens with two attached hydrogens (primary N) is 2. The van der Waals surface area contributed by atoms with E-state index in [0.717, 1.165) is 51.4 Å². The van der Waals surface area contributed by atoms with E-state index in [0.29, 0.717) is 51.6 Å². The van der Waals surface area contributed by atoms with Crippen LogP contribution in [-0.4, -0.2) is 114 Å². The van der Waals surface area contributed by atoms with Crippen LogP contribution in [0.4, 0.5) is 0 Å². The lowest BCUT2D eigenvalue weighted by atomic mass is 9.92. The second kappa shape index (κ2) is 58.2. The standard InChI is InChI=1S/C77H148N10O9/c1-14-16-18-20-22-24-26-28-30-32-34-36-38-40-46-63(47-41-39-37-35-33-31-29-27-25-23-21-19-17-15-2)72(91)82-64(48-42-44-50-78)73(92)86-67(53-57(5)6)76(95)81-61(12)71(90)85-69(55-59(9)10)77(96)83-65(49-43-45-51-79)74(93)87-68(54-58(7)8)75(94)80-60(11)70(89)84-66(62(13)88)52-56(3)4/h56-61,63-69H,14-55,78-79H2,1-13H3,(H,80,94)(H,81,95)(H,82,91)(H,83,96)(H,84,89)(H,85,90)(H,86,92)(H,87,93)/t60-,61-,64-,65-,66-,67?,68-,69?/m0/s1. The van der Waals surface area contributed by atoms with Crippen LogP contribution in [0, 0.1) is 29.6 Å². The van der Waals surface area contributed by atoms with E-state index >= 15 is 0 Å². The monoisotopic (exact) mass is 1360 g/mol. The summed E-state index contributed by atoms with van der Waals surface area (Å²) >= 11 is 0. The summed E-state index contributed by atoms with van der Waals surface area (Å²) in [5, 5.41) is 22.8. The van der Waals surface area contributed by atoms with Gasteiger partial charge in [-0.05, 0) is 135 Å². The Kier molecular flexibility index (Phi) is 55.4. The minimum atomic E-state index is -1.16. The fraction of sp³-hybridized carbons (Fsp3) is 0.883. The van der Waals surface area contributed by atoms with E-state index in [4.69, 9.17) is 11.5 Å². The van der Waals surface area contributed by atoms with E-state index in [1.807, 2.05) is 55.4 Å². The molecule has 8 amide bonds. The molecule has 12 N–H and O–H groups in total. The number of unbranched alkanes of at least 4 members (excludes halogenated alkanes) is 28. The Morgan fingerprint density at radius 3 is 0.750 bits per heavy atom. The van der Waals surface area contributed by atoms with Gasteiger partial charge >= 0.3 is 0 Å². The molecule has 0 saturated heterocycles. The summed E-state index contributed by atoms with van der Waals surface area (Å²) in [4.78, 5) is 125. The summed E-state index contributed by atoms with van der Waals surface area (Å²) in [5.41, 5.74) is 11.8. The van der Waals surface area contributed by atoms with Crippen molar-refractivity contribution in [3.63, 3.8) is 0 Å². The van der Waals surface area contributed by atoms with Gasteiger partial charge < -0.3 is 54.0 Å². The lowest BCUT2D eigenvalue weighted by Gasteiger charge is -2.28. The Balaban J connectivity index is 6.29. The molecule has 0 bridgehead atoms. The Bertz CT molecular complexity index is 2060. The molecule has 2 unspecified atom stereocenters. The second-order valence-corrected chi connectivity index (χ2v) is 30.0. The number of hydrogen-bond donors (Lipinski definition) is 10. The molecule has 19 nitrogen and oxygen atoms in total. The molecule has 0 radical (unpaired) electrons. The van der Waals surface area contributed by atoms with Crippen molar-refractivity contribution in [2.75, 3.05) is 13.1 Å². The molecule has 0 aliphatic heterocycles. The van der Waals surface area contributed by atoms with Crippen LogP contribution in [-0.2, 0) is 43.2 Å². The van der Waals surface area contributed by atoms with Crippen molar-refractivity contribution in [1.29, 1.82) is 0 Å². The van der Waals surface area contributed by atoms with Gasteiger partial charge in [-0.2, -0.15) is 0 Å². The molecule has 0 saturated carbocycles. The predicted octanol–water partition coefficient (Wildman–Crippen LogP) is 13.3. The number of carbonyl (C=O) groups is 9. The molecule has 0 aliphatic carbocycles. The molecule has 19 heteroatoms. The van der Waals surface area contributed by atoms with Gasteiger partial charge in [0.2, 0.25) is 47.3 Å². The Morgan fingerprint density at radius 2 is 0.469 bits per heavy atom. The normalized spacial score (nSPS) is 14.2. The second-order valence-electron chi connectivity index (χ2n) is 30.0. The van der Waals surface area contributed by atoms with E-state index in [-0.39, 0.29) is 67.0 Å². The van der Waals surface area contributed by atoms with Crippen LogP contribution in [0.15, 0.2) is 0 Å². The minimum Gasteiger partial charge on any atom is -0.345 e. The molecule has 0 fully saturated rings. The van der Waals surface area contributed by atoms with Crippen molar-refractivity contribution in [3.8, 4) is 0 Å². The van der Waals surface area contributed by atoms with Crippen LogP contribution in [0.3, 0.4) is 0 Å². The van der Waals surface area contributed by atoms with Crippen LogP contribution < -0.4 is 54.0 Å². The van der Waals surface area contributed by atoms with Crippen molar-refractivity contribution >= 4 is 53.0 Å². The smallest absolute Gasteiger partial charge is 0.243 e. The Labute approximate surface area is 585 Å². The van der Waals surface area contributed by atoms with Crippen LogP contribution in [0.1, 0.15) is 347 Å². The van der Waals surface area contributed by atoms with Gasteiger partial charge in [0.1, 0.15) is 42.3 Å². The predicted molar refractivity (Wildman–Crippen MR) is 394 cm³/mol. The van der Waals surface area contributed by atoms with Crippen LogP contribution in [0.5, 0.6) is 0 Å². The molecule has 0 aromatic carbocycles. The largest absolute Gasteiger partial charge is 0.345 e. The van der Waals surface area contributed by atoms with Crippen molar-refractivity contribution in [1.82, 2.24) is 42.5 Å². The number of hydrogen-bond acceptors (Lipinski definition) is 11. The van der Waals surface area contributed by atoms with Crippen molar-refractivity contribution in [2.24, 2.45) is 41.1 Å². The zero-order valence-electron chi connectivity index (χ0n) is 63.5. The molecule has 560 valence electrons. The van der Waals surface area contributed by atoms with Gasteiger partial charge in [-0.1, -0.05) is 249 Å². The van der Waals surface area contributed by atoms with Crippen LogP contribution in [0.25, 0.3) is 0 Å². The summed E-state index contributed by atoms with van der Waals surface area (Å²) in [5.74, 6) is -4.81. The van der Waals surface area contributed by atoms with Gasteiger partial charge in [0.15, 0.2) is 5.78 Å². The van der Waals surface area contributed by atoms with Gasteiger partial charge in [-0.3, -0.25) is 43.2 Å². The highest BCUT2D eigenvalue weighted by atomic mass is 16.2. The first-order chi connectivity index (χ1) is 45.8. The summed E-state index contributed by atoms with van der Waals surface area (Å²) in [7, 11) is 0. The number of nitrogens with one attached hydrogen (secondary N) is 8. The van der Waals surface area contributed by atoms with Gasteiger partial charge in [-0.15, -0.1) is 0 Å². The van der Waals surface area contributed by atoms with E-state index < -0.39 is 89.7 Å². The molecule has 0 aromatic heterocycles. The van der Waals surface area contributed by atoms with Gasteiger partial charge in [0.25, 0.3) is 0 Å². The lowest BCUT2D eigenvalue weighted by Crippen LogP contribution is -2.60. The summed E-state index contributed by atoms with van der Waals surface area (Å²) in [6.45, 7) is 25.0. The molecule has 0 spiro atoms. The van der Waals surface area contributed by atoms with E-state index in [9.17, 15) is 43.2 Å². The fourth-order valence-corrected chi connectivity index (χ4v) is 12.5. The SMILES string of the molecule is CCCCCCCCCCCCCCCCC(CCCCCCCCCCCCCCCC)C(=O)N[C@@H](CCCCN)C(=O)NC(CC(C)C)C(=O)N[C@@H](C)C(=O)NC(CC(C)C)C(=O)N[C@@H](CCCCN)C(=O)N[C@@H](CC(C)C)C(=O)N[C@@H](C)C(=O)N[C@@H](CC(C)C)C(C)=O. The molecular weight excluding hydrogens is 1210 g/mol. The maximum absolute atomic E-state index is 14.5. The van der Waals surface area contributed by atoms with E-state index in [1.54, 1.807) is 0 Å². The summed E-state index contributed by atoms with van der Waals surface area (Å²) < 4.78 is 0. The van der Waals surface area contributed by atoms with Crippen LogP contribution in [0.2, 0.25) is 0 Å². The molecule has 0 aromatic rings. The molecule has 0 rings (SSSR count). The molecule has 0 heterocycles. The van der Waals surface area contributed by atoms with Crippen LogP contribution >= 0.6 is 0 Å². The Hall–Kier alpha value is -4.65. The maximum Gasteiger partial charge on any atom is 0.243 e. The van der Waals surface area contributed by atoms with E-state index in [2.05, 4.69) is 56.4 Å². The highest BCUT2D eigenvalue weighted by molar-refractivity contribution is 5.98. The highest BCUT2D eigenvalue weighted by Crippen LogP contribution is 2.23.